The fourth-order valence-electron chi connectivity index (χ4n) is 3.57. The fourth-order valence-corrected chi connectivity index (χ4v) is 4.39. The Morgan fingerprint density at radius 1 is 0.862 bits per heavy atom. The average Bonchev–Trinajstić information content (AvgIpc) is 3.13. The summed E-state index contributed by atoms with van der Waals surface area (Å²) in [6.07, 6.45) is 0. The normalized spacial score (nSPS) is 12.8. The van der Waals surface area contributed by atoms with E-state index in [0.717, 1.165) is 16.2 Å². The van der Waals surface area contributed by atoms with Gasteiger partial charge in [-0.1, -0.05) is 36.0 Å². The number of carbonyl (C=O) groups excluding carboxylic acids is 2. The molecule has 1 aliphatic carbocycles. The Kier molecular flexibility index (Phi) is 3.92. The molecule has 6 nitrogen and oxygen atoms in total. The SMILES string of the molecule is O=C1c2cccc(O)c2C(=O)c2c(O)cc(CSc3nc4ccccc4[nH]3)cc21. The van der Waals surface area contributed by atoms with Gasteiger partial charge in [0.15, 0.2) is 10.9 Å². The zero-order valence-corrected chi connectivity index (χ0v) is 15.8. The molecule has 1 heterocycles. The number of fused-ring (bicyclic) bond motifs is 3. The van der Waals surface area contributed by atoms with Crippen LogP contribution in [-0.4, -0.2) is 31.7 Å². The number of nitrogens with one attached hydrogen (secondary N) is 1. The van der Waals surface area contributed by atoms with E-state index in [2.05, 4.69) is 9.97 Å². The van der Waals surface area contributed by atoms with Crippen molar-refractivity contribution in [1.82, 2.24) is 9.97 Å². The van der Waals surface area contributed by atoms with Crippen LogP contribution < -0.4 is 0 Å². The summed E-state index contributed by atoms with van der Waals surface area (Å²) in [5.74, 6) is -1.03. The average molecular weight is 402 g/mol. The Balaban J connectivity index is 1.49. The van der Waals surface area contributed by atoms with Gasteiger partial charge in [0, 0.05) is 16.9 Å². The molecular formula is C22H14N2O4S. The predicted molar refractivity (Wildman–Crippen MR) is 109 cm³/mol. The third-order valence-electron chi connectivity index (χ3n) is 4.91. The van der Waals surface area contributed by atoms with Gasteiger partial charge < -0.3 is 15.2 Å². The number of nitrogens with zero attached hydrogens (tertiary/aromatic N) is 1. The van der Waals surface area contributed by atoms with E-state index in [1.807, 2.05) is 24.3 Å². The lowest BCUT2D eigenvalue weighted by Gasteiger charge is -2.20. The van der Waals surface area contributed by atoms with E-state index in [-0.39, 0.29) is 33.8 Å². The van der Waals surface area contributed by atoms with Gasteiger partial charge in [-0.05, 0) is 35.9 Å². The highest BCUT2D eigenvalue weighted by Gasteiger charge is 2.34. The first-order chi connectivity index (χ1) is 14.0. The molecule has 5 rings (SSSR count). The summed E-state index contributed by atoms with van der Waals surface area (Å²) in [4.78, 5) is 33.4. The number of para-hydroxylation sites is 2. The van der Waals surface area contributed by atoms with E-state index in [0.29, 0.717) is 11.3 Å². The second-order valence-corrected chi connectivity index (χ2v) is 7.71. The van der Waals surface area contributed by atoms with Crippen LogP contribution in [0.25, 0.3) is 11.0 Å². The molecule has 0 saturated carbocycles. The first-order valence-corrected chi connectivity index (χ1v) is 9.86. The number of rotatable bonds is 3. The molecule has 7 heteroatoms. The summed E-state index contributed by atoms with van der Waals surface area (Å²) < 4.78 is 0. The van der Waals surface area contributed by atoms with Crippen molar-refractivity contribution in [2.45, 2.75) is 10.9 Å². The highest BCUT2D eigenvalue weighted by atomic mass is 32.2. The minimum Gasteiger partial charge on any atom is -0.507 e. The van der Waals surface area contributed by atoms with Crippen molar-refractivity contribution >= 4 is 34.4 Å². The van der Waals surface area contributed by atoms with Crippen LogP contribution in [0.1, 0.15) is 37.4 Å². The van der Waals surface area contributed by atoms with Crippen LogP contribution in [-0.2, 0) is 5.75 Å². The highest BCUT2D eigenvalue weighted by molar-refractivity contribution is 7.98. The summed E-state index contributed by atoms with van der Waals surface area (Å²) >= 11 is 1.43. The number of aromatic hydroxyl groups is 2. The van der Waals surface area contributed by atoms with Gasteiger partial charge in [-0.25, -0.2) is 4.98 Å². The van der Waals surface area contributed by atoms with Crippen LogP contribution in [0.15, 0.2) is 59.8 Å². The Morgan fingerprint density at radius 3 is 2.48 bits per heavy atom. The predicted octanol–water partition coefficient (Wildman–Crippen LogP) is 4.04. The van der Waals surface area contributed by atoms with Gasteiger partial charge in [-0.3, -0.25) is 9.59 Å². The van der Waals surface area contributed by atoms with Gasteiger partial charge in [0.25, 0.3) is 0 Å². The van der Waals surface area contributed by atoms with Gasteiger partial charge in [0.1, 0.15) is 11.5 Å². The van der Waals surface area contributed by atoms with Crippen LogP contribution in [0.3, 0.4) is 0 Å². The maximum Gasteiger partial charge on any atom is 0.201 e. The number of carbonyl (C=O) groups is 2. The molecule has 0 aliphatic heterocycles. The van der Waals surface area contributed by atoms with Crippen molar-refractivity contribution in [2.24, 2.45) is 0 Å². The highest BCUT2D eigenvalue weighted by Crippen LogP contribution is 2.38. The second-order valence-electron chi connectivity index (χ2n) is 6.74. The van der Waals surface area contributed by atoms with Crippen molar-refractivity contribution in [3.05, 3.63) is 82.4 Å². The number of benzene rings is 3. The van der Waals surface area contributed by atoms with Gasteiger partial charge in [-0.2, -0.15) is 0 Å². The number of phenols is 2. The summed E-state index contributed by atoms with van der Waals surface area (Å²) in [6.45, 7) is 0. The largest absolute Gasteiger partial charge is 0.507 e. The molecule has 0 amide bonds. The van der Waals surface area contributed by atoms with Gasteiger partial charge in [-0.15, -0.1) is 0 Å². The zero-order chi connectivity index (χ0) is 20.1. The maximum absolute atomic E-state index is 12.9. The third-order valence-corrected chi connectivity index (χ3v) is 5.85. The molecule has 0 radical (unpaired) electrons. The van der Waals surface area contributed by atoms with Crippen molar-refractivity contribution in [1.29, 1.82) is 0 Å². The number of hydrogen-bond acceptors (Lipinski definition) is 6. The Morgan fingerprint density at radius 2 is 1.66 bits per heavy atom. The number of hydrogen-bond donors (Lipinski definition) is 3. The second kappa shape index (κ2) is 6.49. The Labute approximate surface area is 169 Å². The number of ketones is 2. The van der Waals surface area contributed by atoms with Crippen molar-refractivity contribution < 1.29 is 19.8 Å². The van der Waals surface area contributed by atoms with Crippen LogP contribution in [0.2, 0.25) is 0 Å². The lowest BCUT2D eigenvalue weighted by molar-refractivity contribution is 0.0974. The standard InChI is InChI=1S/C22H14N2O4S/c25-16-7-3-4-12-18(16)21(28)19-13(20(12)27)8-11(9-17(19)26)10-29-22-23-14-5-1-2-6-15(14)24-22/h1-9,25-26H,10H2,(H,23,24). The minimum absolute atomic E-state index is 0.0651. The van der Waals surface area contributed by atoms with Crippen LogP contribution in [0, 0.1) is 0 Å². The molecule has 0 bridgehead atoms. The molecule has 0 spiro atoms. The molecular weight excluding hydrogens is 388 g/mol. The molecule has 0 atom stereocenters. The van der Waals surface area contributed by atoms with E-state index in [9.17, 15) is 19.8 Å². The lowest BCUT2D eigenvalue weighted by Crippen LogP contribution is -2.21. The quantitative estimate of drug-likeness (QED) is 0.394. The van der Waals surface area contributed by atoms with E-state index >= 15 is 0 Å². The molecule has 0 unspecified atom stereocenters. The lowest BCUT2D eigenvalue weighted by atomic mass is 9.82. The van der Waals surface area contributed by atoms with Gasteiger partial charge in [0.2, 0.25) is 5.78 Å². The van der Waals surface area contributed by atoms with Crippen LogP contribution in [0.4, 0.5) is 0 Å². The van der Waals surface area contributed by atoms with Crippen LogP contribution >= 0.6 is 11.8 Å². The molecule has 29 heavy (non-hydrogen) atoms. The maximum atomic E-state index is 12.9. The number of aromatic nitrogens is 2. The summed E-state index contributed by atoms with van der Waals surface area (Å²) in [5, 5.41) is 21.2. The van der Waals surface area contributed by atoms with Crippen molar-refractivity contribution in [2.75, 3.05) is 0 Å². The van der Waals surface area contributed by atoms with Gasteiger partial charge in [0.05, 0.1) is 22.2 Å². The molecule has 142 valence electrons. The number of H-pyrrole nitrogens is 1. The van der Waals surface area contributed by atoms with Crippen molar-refractivity contribution in [3.8, 4) is 11.5 Å². The fraction of sp³-hybridized carbons (Fsp3) is 0.0455. The Bertz CT molecular complexity index is 1290. The molecule has 0 saturated heterocycles. The molecule has 3 aromatic carbocycles. The summed E-state index contributed by atoms with van der Waals surface area (Å²) in [6, 6.07) is 15.2. The molecule has 4 aromatic rings. The number of aromatic amines is 1. The molecule has 1 aromatic heterocycles. The molecule has 1 aliphatic rings. The first kappa shape index (κ1) is 17.5. The Hall–Kier alpha value is -3.58. The molecule has 3 N–H and O–H groups in total. The number of thioether (sulfide) groups is 1. The third kappa shape index (κ3) is 2.78. The number of imidazole rings is 1. The monoisotopic (exact) mass is 402 g/mol. The van der Waals surface area contributed by atoms with Gasteiger partial charge >= 0.3 is 0 Å². The minimum atomic E-state index is -0.554. The first-order valence-electron chi connectivity index (χ1n) is 8.88. The summed E-state index contributed by atoms with van der Waals surface area (Å²) in [7, 11) is 0. The van der Waals surface area contributed by atoms with E-state index < -0.39 is 11.6 Å². The summed E-state index contributed by atoms with van der Waals surface area (Å²) in [5.41, 5.74) is 2.64. The number of phenolic OH excluding ortho intramolecular Hbond substituents is 2. The van der Waals surface area contributed by atoms with E-state index in [1.54, 1.807) is 6.07 Å². The van der Waals surface area contributed by atoms with Crippen molar-refractivity contribution in [3.63, 3.8) is 0 Å². The van der Waals surface area contributed by atoms with E-state index in [4.69, 9.17) is 0 Å². The topological polar surface area (TPSA) is 103 Å². The molecule has 0 fully saturated rings. The zero-order valence-electron chi connectivity index (χ0n) is 15.0. The smallest absolute Gasteiger partial charge is 0.201 e. The van der Waals surface area contributed by atoms with Crippen LogP contribution in [0.5, 0.6) is 11.5 Å². The van der Waals surface area contributed by atoms with E-state index in [1.165, 1.54) is 36.0 Å².